The van der Waals surface area contributed by atoms with Gasteiger partial charge in [-0.25, -0.2) is 9.18 Å². The average molecular weight is 789 g/mol. The van der Waals surface area contributed by atoms with Crippen LogP contribution >= 0.6 is 11.6 Å². The molecule has 294 valence electrons. The Morgan fingerprint density at radius 3 is 2.45 bits per heavy atom. The van der Waals surface area contributed by atoms with E-state index in [9.17, 15) is 33.5 Å². The van der Waals surface area contributed by atoms with E-state index in [1.807, 2.05) is 23.1 Å². The summed E-state index contributed by atoms with van der Waals surface area (Å²) in [6, 6.07) is 13.8. The lowest BCUT2D eigenvalue weighted by molar-refractivity contribution is -0.148. The maximum atomic E-state index is 14.8. The van der Waals surface area contributed by atoms with Crippen molar-refractivity contribution < 1.29 is 43.4 Å². The van der Waals surface area contributed by atoms with Crippen LogP contribution in [0.5, 0.6) is 0 Å². The number of unbranched alkanes of at least 4 members (excludes halogenated alkanes) is 1. The predicted octanol–water partition coefficient (Wildman–Crippen LogP) is 4.22. The second kappa shape index (κ2) is 17.9. The first-order chi connectivity index (χ1) is 26.9. The van der Waals surface area contributed by atoms with E-state index < -0.39 is 47.8 Å². The Balaban J connectivity index is 1.17. The Bertz CT molecular complexity index is 2080. The number of halogens is 2. The summed E-state index contributed by atoms with van der Waals surface area (Å²) < 4.78 is 14.8. The van der Waals surface area contributed by atoms with Crippen molar-refractivity contribution in [1.82, 2.24) is 15.1 Å². The predicted molar refractivity (Wildman–Crippen MR) is 206 cm³/mol. The number of nitrogens with zero attached hydrogens (tertiary/aromatic N) is 3. The first kappa shape index (κ1) is 40.0. The van der Waals surface area contributed by atoms with Gasteiger partial charge in [-0.05, 0) is 90.8 Å². The molecule has 0 aromatic heterocycles. The van der Waals surface area contributed by atoms with Gasteiger partial charge in [-0.2, -0.15) is 0 Å². The Kier molecular flexibility index (Phi) is 12.8. The normalized spacial score (nSPS) is 18.5. The van der Waals surface area contributed by atoms with Gasteiger partial charge in [0.15, 0.2) is 5.82 Å². The van der Waals surface area contributed by atoms with Gasteiger partial charge in [0.2, 0.25) is 12.0 Å². The van der Waals surface area contributed by atoms with Crippen LogP contribution in [-0.4, -0.2) is 100 Å². The number of oxime groups is 1. The van der Waals surface area contributed by atoms with Crippen LogP contribution in [0, 0.1) is 5.82 Å². The molecule has 16 heteroatoms. The van der Waals surface area contributed by atoms with Crippen LogP contribution in [0.1, 0.15) is 70.8 Å². The summed E-state index contributed by atoms with van der Waals surface area (Å²) in [6.45, 7) is 1.94. The molecule has 56 heavy (non-hydrogen) atoms. The number of fused-ring (bicyclic) bond motifs is 1. The molecule has 0 saturated carbocycles. The summed E-state index contributed by atoms with van der Waals surface area (Å²) >= 11 is 5.98. The molecule has 3 amide bonds. The summed E-state index contributed by atoms with van der Waals surface area (Å²) in [6.07, 6.45) is 3.55. The Hall–Kier alpha value is -5.64. The van der Waals surface area contributed by atoms with Crippen molar-refractivity contribution in [3.05, 3.63) is 105 Å². The molecule has 0 fully saturated rings. The number of nitrogens with two attached hydrogens (primary N) is 1. The molecule has 3 atom stereocenters. The molecule has 0 spiro atoms. The zero-order valence-electron chi connectivity index (χ0n) is 30.4. The SMILES string of the molecule is NC(CCCCNC(=O)CN1CC=C(c2cccc3c2CCN(C(=O)C2CC(c4cccc(Cl)c4F)=NO2)[C@@H]3C(=O)Nc2ccc(C(=O)O)cc2)CC1)C(=O)O. The van der Waals surface area contributed by atoms with Crippen molar-refractivity contribution in [2.75, 3.05) is 38.0 Å². The number of carboxylic acid groups (broad SMARTS) is 2. The number of nitrogens with one attached hydrogen (secondary N) is 2. The van der Waals surface area contributed by atoms with E-state index in [0.29, 0.717) is 63.0 Å². The monoisotopic (exact) mass is 788 g/mol. The van der Waals surface area contributed by atoms with Crippen molar-refractivity contribution >= 4 is 58.2 Å². The standard InChI is InChI=1S/C40H42ClFN6O8/c41-30-8-4-7-29(35(30)42)32-21-33(56-46-32)38(51)48-20-16-27-26(5-3-6-28(27)36(48)37(50)45-25-12-10-24(11-13-25)39(52)53)23-14-18-47(19-15-23)22-34(49)44-17-2-1-9-31(43)40(54)55/h3-8,10-14,31,33,36H,1-2,9,15-22,43H2,(H,44,49)(H,45,50)(H,52,53)(H,54,55)/t31?,33?,36-/m0/s1. The van der Waals surface area contributed by atoms with Gasteiger partial charge in [0, 0.05) is 43.9 Å². The van der Waals surface area contributed by atoms with Crippen molar-refractivity contribution in [2.45, 2.75) is 56.7 Å². The lowest BCUT2D eigenvalue weighted by atomic mass is 9.84. The molecule has 0 aliphatic carbocycles. The summed E-state index contributed by atoms with van der Waals surface area (Å²) in [5.41, 5.74) is 9.79. The highest BCUT2D eigenvalue weighted by molar-refractivity contribution is 6.31. The van der Waals surface area contributed by atoms with Crippen LogP contribution in [0.3, 0.4) is 0 Å². The van der Waals surface area contributed by atoms with E-state index >= 15 is 0 Å². The highest BCUT2D eigenvalue weighted by atomic mass is 35.5. The van der Waals surface area contributed by atoms with Gasteiger partial charge < -0.3 is 36.3 Å². The topological polar surface area (TPSA) is 204 Å². The number of benzene rings is 3. The van der Waals surface area contributed by atoms with Gasteiger partial charge in [-0.3, -0.25) is 24.1 Å². The number of amides is 3. The van der Waals surface area contributed by atoms with Crippen molar-refractivity contribution in [2.24, 2.45) is 10.9 Å². The zero-order chi connectivity index (χ0) is 39.9. The molecule has 3 aliphatic heterocycles. The summed E-state index contributed by atoms with van der Waals surface area (Å²) in [5.74, 6) is -3.97. The van der Waals surface area contributed by atoms with Crippen LogP contribution < -0.4 is 16.4 Å². The van der Waals surface area contributed by atoms with Crippen molar-refractivity contribution in [1.29, 1.82) is 0 Å². The number of carboxylic acids is 2. The fraction of sp³-hybridized carbons (Fsp3) is 0.350. The summed E-state index contributed by atoms with van der Waals surface area (Å²) in [7, 11) is 0. The number of hydrogen-bond acceptors (Lipinski definition) is 9. The molecule has 6 rings (SSSR count). The molecule has 3 aromatic carbocycles. The number of aromatic carboxylic acids is 1. The van der Waals surface area contributed by atoms with E-state index in [1.54, 1.807) is 6.07 Å². The Morgan fingerprint density at radius 1 is 0.982 bits per heavy atom. The van der Waals surface area contributed by atoms with Crippen LogP contribution in [0.15, 0.2) is 71.9 Å². The van der Waals surface area contributed by atoms with E-state index in [-0.39, 0.29) is 47.3 Å². The quantitative estimate of drug-likeness (QED) is 0.147. The minimum absolute atomic E-state index is 0.0343. The van der Waals surface area contributed by atoms with Gasteiger partial charge in [0.05, 0.1) is 22.8 Å². The van der Waals surface area contributed by atoms with Crippen LogP contribution in [-0.2, 0) is 30.4 Å². The Labute approximate surface area is 327 Å². The molecule has 3 heterocycles. The lowest BCUT2D eigenvalue weighted by Crippen LogP contribution is -2.49. The third-order valence-electron chi connectivity index (χ3n) is 10.1. The third-order valence-corrected chi connectivity index (χ3v) is 10.4. The highest BCUT2D eigenvalue weighted by Crippen LogP contribution is 2.38. The summed E-state index contributed by atoms with van der Waals surface area (Å²) in [5, 5.41) is 27.9. The van der Waals surface area contributed by atoms with Gasteiger partial charge in [-0.1, -0.05) is 47.1 Å². The fourth-order valence-corrected chi connectivity index (χ4v) is 7.35. The van der Waals surface area contributed by atoms with E-state index in [2.05, 4.69) is 21.9 Å². The summed E-state index contributed by atoms with van der Waals surface area (Å²) in [4.78, 5) is 72.3. The van der Waals surface area contributed by atoms with E-state index in [4.69, 9.17) is 27.3 Å². The maximum absolute atomic E-state index is 14.8. The van der Waals surface area contributed by atoms with E-state index in [1.165, 1.54) is 41.3 Å². The molecule has 0 radical (unpaired) electrons. The average Bonchev–Trinajstić information content (AvgIpc) is 3.68. The molecule has 0 saturated heterocycles. The number of anilines is 1. The van der Waals surface area contributed by atoms with Crippen LogP contribution in [0.2, 0.25) is 5.02 Å². The number of rotatable bonds is 14. The van der Waals surface area contributed by atoms with Crippen LogP contribution in [0.25, 0.3) is 5.57 Å². The second-order valence-electron chi connectivity index (χ2n) is 13.9. The minimum Gasteiger partial charge on any atom is -0.480 e. The molecule has 14 nitrogen and oxygen atoms in total. The first-order valence-electron chi connectivity index (χ1n) is 18.3. The molecule has 3 aliphatic rings. The van der Waals surface area contributed by atoms with Crippen LogP contribution in [0.4, 0.5) is 10.1 Å². The van der Waals surface area contributed by atoms with Crippen molar-refractivity contribution in [3.63, 3.8) is 0 Å². The van der Waals surface area contributed by atoms with Gasteiger partial charge in [0.1, 0.15) is 12.1 Å². The lowest BCUT2D eigenvalue weighted by Gasteiger charge is -2.38. The van der Waals surface area contributed by atoms with Gasteiger partial charge in [0.25, 0.3) is 11.8 Å². The fourth-order valence-electron chi connectivity index (χ4n) is 7.18. The smallest absolute Gasteiger partial charge is 0.335 e. The Morgan fingerprint density at radius 2 is 1.73 bits per heavy atom. The maximum Gasteiger partial charge on any atom is 0.335 e. The molecular weight excluding hydrogens is 747 g/mol. The zero-order valence-corrected chi connectivity index (χ0v) is 31.1. The molecule has 0 bridgehead atoms. The highest BCUT2D eigenvalue weighted by Gasteiger charge is 2.42. The van der Waals surface area contributed by atoms with Gasteiger partial charge in [-0.15, -0.1) is 0 Å². The number of aliphatic carboxylic acids is 1. The second-order valence-corrected chi connectivity index (χ2v) is 14.3. The molecular formula is C40H42ClFN6O8. The minimum atomic E-state index is -1.11. The number of hydrogen-bond donors (Lipinski definition) is 5. The van der Waals surface area contributed by atoms with E-state index in [0.717, 1.165) is 16.7 Å². The largest absolute Gasteiger partial charge is 0.480 e. The number of carbonyl (C=O) groups excluding carboxylic acids is 3. The third kappa shape index (κ3) is 9.24. The molecule has 6 N–H and O–H groups in total. The number of carbonyl (C=O) groups is 5. The molecule has 3 aromatic rings. The molecule has 2 unspecified atom stereocenters. The van der Waals surface area contributed by atoms with Gasteiger partial charge >= 0.3 is 11.9 Å². The van der Waals surface area contributed by atoms with Crippen molar-refractivity contribution in [3.8, 4) is 0 Å². The first-order valence-corrected chi connectivity index (χ1v) is 18.7.